The van der Waals surface area contributed by atoms with E-state index in [1.54, 1.807) is 0 Å². The van der Waals surface area contributed by atoms with Gasteiger partial charge in [-0.2, -0.15) is 0 Å². The van der Waals surface area contributed by atoms with Gasteiger partial charge in [-0.3, -0.25) is 4.79 Å². The van der Waals surface area contributed by atoms with Gasteiger partial charge in [-0.25, -0.2) is 0 Å². The Morgan fingerprint density at radius 1 is 0.853 bits per heavy atom. The van der Waals surface area contributed by atoms with E-state index in [1.807, 2.05) is 6.92 Å². The third-order valence-electron chi connectivity index (χ3n) is 14.3. The summed E-state index contributed by atoms with van der Waals surface area (Å²) >= 11 is 0. The molecule has 0 bridgehead atoms. The standard InChI is InChI=1S/C32H52O2/c1-9-28(5)24-13-16-31(8)25(29(24,6)15-14-26(28)34)11-10-23-27-22(20(2)3)12-17-32(27,21(4)33)19-18-30(23,31)7/h22-27,34H,2,9-19H2,1,3-8H3/t22?,23?,24?,25?,26-,27?,28-,29-,30+,31+,32+/m0/s1. The maximum absolute atomic E-state index is 13.2. The fourth-order valence-corrected chi connectivity index (χ4v) is 12.0. The van der Waals surface area contributed by atoms with Crippen molar-refractivity contribution in [3.63, 3.8) is 0 Å². The molecule has 34 heavy (non-hydrogen) atoms. The van der Waals surface area contributed by atoms with E-state index >= 15 is 0 Å². The first-order valence-corrected chi connectivity index (χ1v) is 14.7. The molecule has 0 aliphatic heterocycles. The fourth-order valence-electron chi connectivity index (χ4n) is 12.0. The average molecular weight is 469 g/mol. The van der Waals surface area contributed by atoms with E-state index in [4.69, 9.17) is 0 Å². The molecule has 5 saturated carbocycles. The fraction of sp³-hybridized carbons (Fsp3) is 0.906. The second-order valence-corrected chi connectivity index (χ2v) is 14.8. The van der Waals surface area contributed by atoms with Crippen LogP contribution in [0, 0.1) is 56.7 Å². The molecule has 0 aromatic carbocycles. The van der Waals surface area contributed by atoms with Gasteiger partial charge in [-0.05, 0) is 136 Å². The van der Waals surface area contributed by atoms with E-state index in [0.717, 1.165) is 31.6 Å². The van der Waals surface area contributed by atoms with E-state index in [1.165, 1.54) is 50.5 Å². The number of ketones is 1. The summed E-state index contributed by atoms with van der Waals surface area (Å²) in [5, 5.41) is 11.1. The van der Waals surface area contributed by atoms with Crippen LogP contribution in [-0.2, 0) is 4.79 Å². The van der Waals surface area contributed by atoms with Crippen molar-refractivity contribution in [2.24, 2.45) is 56.7 Å². The average Bonchev–Trinajstić information content (AvgIpc) is 3.18. The number of hydrogen-bond acceptors (Lipinski definition) is 2. The van der Waals surface area contributed by atoms with Gasteiger partial charge in [0.1, 0.15) is 5.78 Å². The summed E-state index contributed by atoms with van der Waals surface area (Å²) in [6.45, 7) is 21.2. The van der Waals surface area contributed by atoms with E-state index in [2.05, 4.69) is 48.1 Å². The zero-order valence-electron chi connectivity index (χ0n) is 23.3. The number of carbonyl (C=O) groups is 1. The number of aliphatic hydroxyl groups is 1. The second kappa shape index (κ2) is 7.69. The minimum absolute atomic E-state index is 0.0545. The molecule has 5 aliphatic rings. The predicted octanol–water partition coefficient (Wildman–Crippen LogP) is 7.98. The third-order valence-corrected chi connectivity index (χ3v) is 14.3. The Morgan fingerprint density at radius 2 is 1.56 bits per heavy atom. The quantitative estimate of drug-likeness (QED) is 0.426. The van der Waals surface area contributed by atoms with Crippen LogP contribution in [0.2, 0.25) is 0 Å². The number of fused-ring (bicyclic) bond motifs is 7. The minimum Gasteiger partial charge on any atom is -0.393 e. The Morgan fingerprint density at radius 3 is 2.18 bits per heavy atom. The van der Waals surface area contributed by atoms with Crippen molar-refractivity contribution < 1.29 is 9.90 Å². The lowest BCUT2D eigenvalue weighted by molar-refractivity contribution is -0.249. The maximum Gasteiger partial charge on any atom is 0.136 e. The van der Waals surface area contributed by atoms with Crippen LogP contribution in [0.5, 0.6) is 0 Å². The van der Waals surface area contributed by atoms with Crippen LogP contribution < -0.4 is 0 Å². The molecule has 2 nitrogen and oxygen atoms in total. The highest BCUT2D eigenvalue weighted by Crippen LogP contribution is 2.77. The number of allylic oxidation sites excluding steroid dienone is 1. The van der Waals surface area contributed by atoms with Crippen molar-refractivity contribution in [2.75, 3.05) is 0 Å². The van der Waals surface area contributed by atoms with Crippen LogP contribution in [0.3, 0.4) is 0 Å². The number of carbonyl (C=O) groups excluding carboxylic acids is 1. The summed E-state index contributed by atoms with van der Waals surface area (Å²) in [5.41, 5.74) is 2.23. The second-order valence-electron chi connectivity index (χ2n) is 14.8. The number of hydrogen-bond donors (Lipinski definition) is 1. The van der Waals surface area contributed by atoms with Crippen LogP contribution in [0.25, 0.3) is 0 Å². The van der Waals surface area contributed by atoms with Crippen LogP contribution in [0.1, 0.15) is 119 Å². The normalized spacial score (nSPS) is 56.6. The van der Waals surface area contributed by atoms with Gasteiger partial charge in [0.25, 0.3) is 0 Å². The van der Waals surface area contributed by atoms with Crippen molar-refractivity contribution in [1.29, 1.82) is 0 Å². The highest BCUT2D eigenvalue weighted by atomic mass is 16.3. The van der Waals surface area contributed by atoms with Crippen molar-refractivity contribution in [3.8, 4) is 0 Å². The highest BCUT2D eigenvalue weighted by molar-refractivity contribution is 5.83. The number of rotatable bonds is 3. The van der Waals surface area contributed by atoms with E-state index < -0.39 is 0 Å². The van der Waals surface area contributed by atoms with Crippen molar-refractivity contribution in [2.45, 2.75) is 125 Å². The smallest absolute Gasteiger partial charge is 0.136 e. The van der Waals surface area contributed by atoms with Crippen LogP contribution in [0.15, 0.2) is 12.2 Å². The molecule has 5 rings (SSSR count). The lowest BCUT2D eigenvalue weighted by Crippen LogP contribution is -2.67. The zero-order valence-corrected chi connectivity index (χ0v) is 23.3. The van der Waals surface area contributed by atoms with E-state index in [9.17, 15) is 9.90 Å². The van der Waals surface area contributed by atoms with Gasteiger partial charge in [0, 0.05) is 5.41 Å². The molecular weight excluding hydrogens is 416 g/mol. The maximum atomic E-state index is 13.2. The Kier molecular flexibility index (Phi) is 5.66. The van der Waals surface area contributed by atoms with Gasteiger partial charge in [-0.15, -0.1) is 0 Å². The molecule has 2 heteroatoms. The van der Waals surface area contributed by atoms with Gasteiger partial charge < -0.3 is 5.11 Å². The predicted molar refractivity (Wildman–Crippen MR) is 140 cm³/mol. The highest BCUT2D eigenvalue weighted by Gasteiger charge is 2.71. The first-order valence-electron chi connectivity index (χ1n) is 14.7. The Labute approximate surface area is 209 Å². The monoisotopic (exact) mass is 468 g/mol. The third kappa shape index (κ3) is 2.82. The van der Waals surface area contributed by atoms with Crippen LogP contribution in [-0.4, -0.2) is 17.0 Å². The van der Waals surface area contributed by atoms with Gasteiger partial charge in [0.2, 0.25) is 0 Å². The number of Topliss-reactive ketones (excluding diaryl/α,β-unsaturated/α-hetero) is 1. The molecule has 5 unspecified atom stereocenters. The Hall–Kier alpha value is -0.630. The lowest BCUT2D eigenvalue weighted by atomic mass is 9.32. The molecule has 0 spiro atoms. The molecule has 0 saturated heterocycles. The molecule has 11 atom stereocenters. The van der Waals surface area contributed by atoms with Gasteiger partial charge in [0.15, 0.2) is 0 Å². The van der Waals surface area contributed by atoms with Gasteiger partial charge in [-0.1, -0.05) is 46.8 Å². The molecular formula is C32H52O2. The molecule has 1 N–H and O–H groups in total. The van der Waals surface area contributed by atoms with Gasteiger partial charge >= 0.3 is 0 Å². The van der Waals surface area contributed by atoms with Crippen molar-refractivity contribution in [3.05, 3.63) is 12.2 Å². The Balaban J connectivity index is 1.56. The molecule has 0 amide bonds. The molecule has 0 aromatic heterocycles. The molecule has 5 fully saturated rings. The molecule has 0 aromatic rings. The van der Waals surface area contributed by atoms with Crippen molar-refractivity contribution >= 4 is 5.78 Å². The summed E-state index contributed by atoms with van der Waals surface area (Å²) < 4.78 is 0. The summed E-state index contributed by atoms with van der Waals surface area (Å²) in [7, 11) is 0. The number of aliphatic hydroxyl groups excluding tert-OH is 1. The van der Waals surface area contributed by atoms with Crippen LogP contribution >= 0.6 is 0 Å². The van der Waals surface area contributed by atoms with Crippen LogP contribution in [0.4, 0.5) is 0 Å². The topological polar surface area (TPSA) is 37.3 Å². The van der Waals surface area contributed by atoms with E-state index in [0.29, 0.717) is 45.7 Å². The molecule has 5 aliphatic carbocycles. The summed E-state index contributed by atoms with van der Waals surface area (Å²) in [6, 6.07) is 0. The molecule has 0 heterocycles. The Bertz CT molecular complexity index is 876. The minimum atomic E-state index is -0.146. The first kappa shape index (κ1) is 25.0. The SMILES string of the molecule is C=C(C)C1CC[C@]2(C(C)=O)CC[C@]3(C)C(CCC4[C@@]5(C)CC[C@H](O)[C@@](C)(CC)C5CC[C@]43C)C12. The van der Waals surface area contributed by atoms with Gasteiger partial charge in [0.05, 0.1) is 6.10 Å². The zero-order chi connectivity index (χ0) is 24.9. The summed E-state index contributed by atoms with van der Waals surface area (Å²) in [5.74, 6) is 3.48. The van der Waals surface area contributed by atoms with E-state index in [-0.39, 0.29) is 16.9 Å². The molecule has 192 valence electrons. The largest absolute Gasteiger partial charge is 0.393 e. The molecule has 0 radical (unpaired) electrons. The first-order chi connectivity index (χ1) is 15.8. The lowest BCUT2D eigenvalue weighted by Gasteiger charge is -2.73. The summed E-state index contributed by atoms with van der Waals surface area (Å²) in [4.78, 5) is 13.2. The van der Waals surface area contributed by atoms with Crippen molar-refractivity contribution in [1.82, 2.24) is 0 Å². The summed E-state index contributed by atoms with van der Waals surface area (Å²) in [6.07, 6.45) is 12.8.